The Balaban J connectivity index is 2.17. The molecule has 1 aliphatic heterocycles. The fourth-order valence-electron chi connectivity index (χ4n) is 2.34. The third kappa shape index (κ3) is 2.57. The lowest BCUT2D eigenvalue weighted by molar-refractivity contribution is -0.110. The van der Waals surface area contributed by atoms with Gasteiger partial charge in [-0.3, -0.25) is 4.79 Å². The molecule has 0 aromatic heterocycles. The van der Waals surface area contributed by atoms with E-state index >= 15 is 0 Å². The molecule has 0 bridgehead atoms. The summed E-state index contributed by atoms with van der Waals surface area (Å²) in [6.45, 7) is 0. The number of carbonyl (C=O) groups excluding carboxylic acids is 1. The van der Waals surface area contributed by atoms with Crippen molar-refractivity contribution in [1.29, 1.82) is 0 Å². The van der Waals surface area contributed by atoms with Gasteiger partial charge >= 0.3 is 0 Å². The van der Waals surface area contributed by atoms with Gasteiger partial charge in [0.1, 0.15) is 5.75 Å². The van der Waals surface area contributed by atoms with Crippen molar-refractivity contribution >= 4 is 50.8 Å². The van der Waals surface area contributed by atoms with Gasteiger partial charge in [-0.15, -0.1) is 0 Å². The van der Waals surface area contributed by atoms with Gasteiger partial charge in [-0.05, 0) is 40.2 Å². The summed E-state index contributed by atoms with van der Waals surface area (Å²) in [5.41, 5.74) is 3.03. The van der Waals surface area contributed by atoms with E-state index in [0.717, 1.165) is 21.3 Å². The van der Waals surface area contributed by atoms with Crippen LogP contribution in [0.5, 0.6) is 5.75 Å². The second-order valence-corrected chi connectivity index (χ2v) is 5.86. The fourth-order valence-corrected chi connectivity index (χ4v) is 3.34. The van der Waals surface area contributed by atoms with Crippen molar-refractivity contribution in [3.63, 3.8) is 0 Å². The molecule has 3 rings (SSSR count). The second kappa shape index (κ2) is 5.54. The maximum Gasteiger partial charge on any atom is 0.256 e. The molecule has 3 nitrogen and oxygen atoms in total. The van der Waals surface area contributed by atoms with Crippen LogP contribution in [0.4, 0.5) is 5.69 Å². The number of para-hydroxylation sites is 1. The first-order valence-corrected chi connectivity index (χ1v) is 7.42. The molecule has 0 saturated heterocycles. The lowest BCUT2D eigenvalue weighted by Gasteiger charge is -2.09. The Labute approximate surface area is 135 Å². The molecule has 2 aromatic carbocycles. The second-order valence-electron chi connectivity index (χ2n) is 4.57. The average molecular weight is 365 g/mol. The molecule has 5 heteroatoms. The molecule has 1 heterocycles. The van der Waals surface area contributed by atoms with Crippen LogP contribution in [0.25, 0.3) is 11.6 Å². The number of hydrogen-bond acceptors (Lipinski definition) is 2. The number of hydrogen-bond donors (Lipinski definition) is 1. The Kier molecular flexibility index (Phi) is 3.74. The van der Waals surface area contributed by atoms with Gasteiger partial charge in [0.05, 0.1) is 11.6 Å². The maximum atomic E-state index is 12.1. The minimum absolute atomic E-state index is 0.130. The maximum absolute atomic E-state index is 12.1. The SMILES string of the molecule is COc1c(Br)cc(Cl)cc1/C=C1\C(=O)Nc2ccccc21. The van der Waals surface area contributed by atoms with E-state index in [0.29, 0.717) is 16.3 Å². The van der Waals surface area contributed by atoms with E-state index in [9.17, 15) is 4.79 Å². The average Bonchev–Trinajstić information content (AvgIpc) is 2.75. The highest BCUT2D eigenvalue weighted by atomic mass is 79.9. The normalized spacial score (nSPS) is 15.0. The Morgan fingerprint density at radius 1 is 1.29 bits per heavy atom. The van der Waals surface area contributed by atoms with Crippen LogP contribution in [0, 0.1) is 0 Å². The summed E-state index contributed by atoms with van der Waals surface area (Å²) in [7, 11) is 1.58. The van der Waals surface area contributed by atoms with Crippen LogP contribution in [0.3, 0.4) is 0 Å². The Bertz CT molecular complexity index is 771. The Morgan fingerprint density at radius 3 is 2.81 bits per heavy atom. The predicted octanol–water partition coefficient (Wildman–Crippen LogP) is 4.60. The van der Waals surface area contributed by atoms with Gasteiger partial charge in [0, 0.05) is 27.4 Å². The Hall–Kier alpha value is -1.78. The molecular formula is C16H11BrClNO2. The summed E-state index contributed by atoms with van der Waals surface area (Å²) in [6.07, 6.45) is 1.79. The third-order valence-corrected chi connectivity index (χ3v) is 4.06. The van der Waals surface area contributed by atoms with Crippen LogP contribution in [-0.4, -0.2) is 13.0 Å². The van der Waals surface area contributed by atoms with Crippen molar-refractivity contribution < 1.29 is 9.53 Å². The van der Waals surface area contributed by atoms with Crippen molar-refractivity contribution in [2.45, 2.75) is 0 Å². The number of ether oxygens (including phenoxy) is 1. The van der Waals surface area contributed by atoms with E-state index in [4.69, 9.17) is 16.3 Å². The van der Waals surface area contributed by atoms with Gasteiger partial charge < -0.3 is 10.1 Å². The van der Waals surface area contributed by atoms with Crippen LogP contribution in [0.2, 0.25) is 5.02 Å². The topological polar surface area (TPSA) is 38.3 Å². The van der Waals surface area contributed by atoms with E-state index < -0.39 is 0 Å². The first-order valence-electron chi connectivity index (χ1n) is 6.25. The molecule has 0 unspecified atom stereocenters. The molecule has 0 aliphatic carbocycles. The van der Waals surface area contributed by atoms with Gasteiger partial charge in [-0.25, -0.2) is 0 Å². The first-order chi connectivity index (χ1) is 10.1. The smallest absolute Gasteiger partial charge is 0.256 e. The van der Waals surface area contributed by atoms with Crippen LogP contribution >= 0.6 is 27.5 Å². The number of anilines is 1. The minimum atomic E-state index is -0.130. The van der Waals surface area contributed by atoms with Gasteiger partial charge in [0.15, 0.2) is 0 Å². The fraction of sp³-hybridized carbons (Fsp3) is 0.0625. The number of halogens is 2. The minimum Gasteiger partial charge on any atom is -0.495 e. The van der Waals surface area contributed by atoms with E-state index in [2.05, 4.69) is 21.2 Å². The zero-order valence-corrected chi connectivity index (χ0v) is 13.5. The summed E-state index contributed by atoms with van der Waals surface area (Å²) in [5, 5.41) is 3.41. The quantitative estimate of drug-likeness (QED) is 0.791. The van der Waals surface area contributed by atoms with Crippen molar-refractivity contribution in [3.8, 4) is 5.75 Å². The van der Waals surface area contributed by atoms with Crippen molar-refractivity contribution in [1.82, 2.24) is 0 Å². The molecule has 106 valence electrons. The number of methoxy groups -OCH3 is 1. The van der Waals surface area contributed by atoms with E-state index in [1.54, 1.807) is 25.3 Å². The number of fused-ring (bicyclic) bond motifs is 1. The highest BCUT2D eigenvalue weighted by Gasteiger charge is 2.24. The number of nitrogens with one attached hydrogen (secondary N) is 1. The molecule has 1 N–H and O–H groups in total. The highest BCUT2D eigenvalue weighted by Crippen LogP contribution is 2.38. The molecule has 0 fully saturated rings. The van der Waals surface area contributed by atoms with Crippen molar-refractivity contribution in [2.75, 3.05) is 12.4 Å². The lowest BCUT2D eigenvalue weighted by Crippen LogP contribution is -2.03. The molecule has 1 amide bonds. The third-order valence-electron chi connectivity index (χ3n) is 3.25. The molecule has 0 radical (unpaired) electrons. The number of amides is 1. The van der Waals surface area contributed by atoms with Crippen LogP contribution in [0.1, 0.15) is 11.1 Å². The van der Waals surface area contributed by atoms with E-state index in [-0.39, 0.29) is 5.91 Å². The van der Waals surface area contributed by atoms with Gasteiger partial charge in [-0.1, -0.05) is 29.8 Å². The standard InChI is InChI=1S/C16H11BrClNO2/c1-21-15-9(6-10(18)8-13(15)17)7-12-11-4-2-3-5-14(11)19-16(12)20/h2-8H,1H3,(H,19,20)/b12-7-. The van der Waals surface area contributed by atoms with Crippen molar-refractivity contribution in [2.24, 2.45) is 0 Å². The molecular weight excluding hydrogens is 354 g/mol. The summed E-state index contributed by atoms with van der Waals surface area (Å²) in [6, 6.07) is 11.1. The Morgan fingerprint density at radius 2 is 2.05 bits per heavy atom. The van der Waals surface area contributed by atoms with Crippen molar-refractivity contribution in [3.05, 3.63) is 57.0 Å². The van der Waals surface area contributed by atoms with Gasteiger partial charge in [-0.2, -0.15) is 0 Å². The lowest BCUT2D eigenvalue weighted by atomic mass is 10.0. The molecule has 1 aliphatic rings. The first kappa shape index (κ1) is 14.2. The molecule has 0 atom stereocenters. The molecule has 2 aromatic rings. The zero-order chi connectivity index (χ0) is 15.0. The van der Waals surface area contributed by atoms with Gasteiger partial charge in [0.25, 0.3) is 5.91 Å². The molecule has 0 spiro atoms. The number of carbonyl (C=O) groups is 1. The summed E-state index contributed by atoms with van der Waals surface area (Å²) >= 11 is 9.50. The zero-order valence-electron chi connectivity index (χ0n) is 11.1. The van der Waals surface area contributed by atoms with Crippen LogP contribution < -0.4 is 10.1 Å². The number of rotatable bonds is 2. The molecule has 21 heavy (non-hydrogen) atoms. The van der Waals surface area contributed by atoms with E-state index in [1.165, 1.54) is 0 Å². The van der Waals surface area contributed by atoms with Gasteiger partial charge in [0.2, 0.25) is 0 Å². The number of benzene rings is 2. The summed E-state index contributed by atoms with van der Waals surface area (Å²) in [4.78, 5) is 12.1. The van der Waals surface area contributed by atoms with E-state index in [1.807, 2.05) is 24.3 Å². The summed E-state index contributed by atoms with van der Waals surface area (Å²) in [5.74, 6) is 0.512. The highest BCUT2D eigenvalue weighted by molar-refractivity contribution is 9.10. The monoisotopic (exact) mass is 363 g/mol. The summed E-state index contributed by atoms with van der Waals surface area (Å²) < 4.78 is 6.13. The largest absolute Gasteiger partial charge is 0.495 e. The predicted molar refractivity (Wildman–Crippen MR) is 88.6 cm³/mol. The van der Waals surface area contributed by atoms with Crippen LogP contribution in [-0.2, 0) is 4.79 Å². The van der Waals surface area contributed by atoms with Crippen LogP contribution in [0.15, 0.2) is 40.9 Å². The molecule has 0 saturated carbocycles.